The Morgan fingerprint density at radius 3 is 2.53 bits per heavy atom. The van der Waals surface area contributed by atoms with Crippen molar-refractivity contribution < 1.29 is 4.39 Å². The van der Waals surface area contributed by atoms with Crippen LogP contribution in [0.3, 0.4) is 0 Å². The third-order valence-corrected chi connectivity index (χ3v) is 7.57. The van der Waals surface area contributed by atoms with Gasteiger partial charge in [0.2, 0.25) is 5.95 Å². The highest BCUT2D eigenvalue weighted by Gasteiger charge is 2.24. The lowest BCUT2D eigenvalue weighted by Gasteiger charge is -2.31. The molecular formula is C30H31FN6O. The number of para-hydroxylation sites is 2. The van der Waals surface area contributed by atoms with Crippen LogP contribution in [0.2, 0.25) is 0 Å². The second kappa shape index (κ2) is 10.8. The first-order valence-corrected chi connectivity index (χ1v) is 13.3. The second-order valence-electron chi connectivity index (χ2n) is 10.2. The lowest BCUT2D eigenvalue weighted by Crippen LogP contribution is -2.34. The summed E-state index contributed by atoms with van der Waals surface area (Å²) in [5.41, 5.74) is 5.64. The molecule has 7 nitrogen and oxygen atoms in total. The highest BCUT2D eigenvalue weighted by Crippen LogP contribution is 2.24. The normalized spacial score (nSPS) is 14.9. The van der Waals surface area contributed by atoms with Crippen LogP contribution < -0.4 is 5.56 Å². The Hall–Kier alpha value is -4.04. The molecule has 0 radical (unpaired) electrons. The van der Waals surface area contributed by atoms with E-state index in [0.29, 0.717) is 24.7 Å². The molecule has 38 heavy (non-hydrogen) atoms. The number of hydrogen-bond donors (Lipinski definition) is 2. The first kappa shape index (κ1) is 24.3. The Morgan fingerprint density at radius 2 is 1.76 bits per heavy atom. The van der Waals surface area contributed by atoms with Crippen molar-refractivity contribution in [3.8, 4) is 5.95 Å². The van der Waals surface area contributed by atoms with Gasteiger partial charge in [-0.2, -0.15) is 4.68 Å². The van der Waals surface area contributed by atoms with Crippen LogP contribution in [0.5, 0.6) is 0 Å². The molecule has 1 fully saturated rings. The minimum Gasteiger partial charge on any atom is -0.322 e. The van der Waals surface area contributed by atoms with Crippen molar-refractivity contribution in [2.45, 2.75) is 38.6 Å². The van der Waals surface area contributed by atoms with Crippen molar-refractivity contribution in [2.24, 2.45) is 5.92 Å². The van der Waals surface area contributed by atoms with Gasteiger partial charge in [-0.05, 0) is 92.6 Å². The van der Waals surface area contributed by atoms with Gasteiger partial charge in [0.1, 0.15) is 5.82 Å². The fourth-order valence-corrected chi connectivity index (χ4v) is 5.45. The molecule has 0 amide bonds. The summed E-state index contributed by atoms with van der Waals surface area (Å²) < 4.78 is 14.9. The van der Waals surface area contributed by atoms with Crippen LogP contribution >= 0.6 is 0 Å². The van der Waals surface area contributed by atoms with E-state index in [1.54, 1.807) is 16.8 Å². The van der Waals surface area contributed by atoms with Crippen LogP contribution in [0.1, 0.15) is 35.2 Å². The van der Waals surface area contributed by atoms with Crippen molar-refractivity contribution in [3.63, 3.8) is 0 Å². The zero-order valence-corrected chi connectivity index (χ0v) is 21.2. The number of rotatable bonds is 8. The number of imidazole rings is 1. The molecular weight excluding hydrogens is 479 g/mol. The molecule has 8 heteroatoms. The Balaban J connectivity index is 1.22. The number of nitrogens with zero attached hydrogens (tertiary/aromatic N) is 4. The van der Waals surface area contributed by atoms with Crippen molar-refractivity contribution in [1.29, 1.82) is 0 Å². The van der Waals surface area contributed by atoms with Crippen LogP contribution in [-0.4, -0.2) is 42.7 Å². The number of aromatic amines is 2. The zero-order valence-electron chi connectivity index (χ0n) is 21.2. The average molecular weight is 511 g/mol. The number of fused-ring (bicyclic) bond motifs is 1. The van der Waals surface area contributed by atoms with E-state index < -0.39 is 0 Å². The molecule has 194 valence electrons. The van der Waals surface area contributed by atoms with Gasteiger partial charge in [-0.3, -0.25) is 19.8 Å². The number of aromatic nitrogens is 5. The SMILES string of the molecule is O=c1c(CCc2ccc(F)cc2)c(CC2CCN(Cc3cccnc3)CC2)[nH]n1-c1nc2ccccc2[nH]1. The Labute approximate surface area is 220 Å². The lowest BCUT2D eigenvalue weighted by atomic mass is 9.90. The van der Waals surface area contributed by atoms with Crippen LogP contribution in [0, 0.1) is 11.7 Å². The summed E-state index contributed by atoms with van der Waals surface area (Å²) in [7, 11) is 0. The summed E-state index contributed by atoms with van der Waals surface area (Å²) in [5.74, 6) is 0.738. The Bertz CT molecular complexity index is 1530. The summed E-state index contributed by atoms with van der Waals surface area (Å²) >= 11 is 0. The average Bonchev–Trinajstić information content (AvgIpc) is 3.51. The highest BCUT2D eigenvalue weighted by atomic mass is 19.1. The van der Waals surface area contributed by atoms with Crippen LogP contribution in [0.25, 0.3) is 17.0 Å². The minimum absolute atomic E-state index is 0.0739. The molecule has 0 unspecified atom stereocenters. The largest absolute Gasteiger partial charge is 0.322 e. The molecule has 1 aliphatic rings. The molecule has 0 atom stereocenters. The molecule has 6 rings (SSSR count). The second-order valence-corrected chi connectivity index (χ2v) is 10.2. The van der Waals surface area contributed by atoms with E-state index >= 15 is 0 Å². The lowest BCUT2D eigenvalue weighted by molar-refractivity contribution is 0.176. The number of likely N-dealkylation sites (tertiary alicyclic amines) is 1. The molecule has 2 aromatic carbocycles. The monoisotopic (exact) mass is 510 g/mol. The Morgan fingerprint density at radius 1 is 0.947 bits per heavy atom. The summed E-state index contributed by atoms with van der Waals surface area (Å²) in [6.07, 6.45) is 7.98. The van der Waals surface area contributed by atoms with Crippen LogP contribution in [0.4, 0.5) is 4.39 Å². The smallest absolute Gasteiger partial charge is 0.277 e. The third-order valence-electron chi connectivity index (χ3n) is 7.57. The quantitative estimate of drug-likeness (QED) is 0.314. The first-order valence-electron chi connectivity index (χ1n) is 13.3. The fourth-order valence-electron chi connectivity index (χ4n) is 5.45. The van der Waals surface area contributed by atoms with Crippen molar-refractivity contribution in [3.05, 3.63) is 112 Å². The summed E-state index contributed by atoms with van der Waals surface area (Å²) in [6.45, 7) is 2.97. The summed E-state index contributed by atoms with van der Waals surface area (Å²) in [4.78, 5) is 28.3. The van der Waals surface area contributed by atoms with Crippen molar-refractivity contribution in [1.82, 2.24) is 29.6 Å². The van der Waals surface area contributed by atoms with E-state index in [1.165, 1.54) is 17.7 Å². The number of aryl methyl sites for hydroxylation is 1. The molecule has 5 aromatic rings. The van der Waals surface area contributed by atoms with E-state index in [1.807, 2.05) is 42.7 Å². The maximum atomic E-state index is 13.6. The number of nitrogens with one attached hydrogen (secondary N) is 2. The van der Waals surface area contributed by atoms with Gasteiger partial charge in [0.15, 0.2) is 0 Å². The predicted octanol–water partition coefficient (Wildman–Crippen LogP) is 4.82. The van der Waals surface area contributed by atoms with Gasteiger partial charge in [-0.25, -0.2) is 9.37 Å². The van der Waals surface area contributed by atoms with E-state index in [-0.39, 0.29) is 11.4 Å². The zero-order chi connectivity index (χ0) is 25.9. The van der Waals surface area contributed by atoms with Gasteiger partial charge >= 0.3 is 0 Å². The molecule has 4 heterocycles. The van der Waals surface area contributed by atoms with Gasteiger partial charge in [0, 0.05) is 30.2 Å². The van der Waals surface area contributed by atoms with Gasteiger partial charge in [-0.1, -0.05) is 30.3 Å². The number of piperidine rings is 1. The van der Waals surface area contributed by atoms with Gasteiger partial charge in [-0.15, -0.1) is 0 Å². The maximum absolute atomic E-state index is 13.6. The number of hydrogen-bond acceptors (Lipinski definition) is 4. The molecule has 0 spiro atoms. The number of pyridine rings is 1. The topological polar surface area (TPSA) is 82.6 Å². The van der Waals surface area contributed by atoms with E-state index in [9.17, 15) is 9.18 Å². The molecule has 1 saturated heterocycles. The van der Waals surface area contributed by atoms with Crippen LogP contribution in [0.15, 0.2) is 77.9 Å². The van der Waals surface area contributed by atoms with Gasteiger partial charge in [0.25, 0.3) is 5.56 Å². The fraction of sp³-hybridized carbons (Fsp3) is 0.300. The van der Waals surface area contributed by atoms with E-state index in [0.717, 1.165) is 66.8 Å². The summed E-state index contributed by atoms with van der Waals surface area (Å²) in [5, 5.41) is 3.40. The van der Waals surface area contributed by atoms with Gasteiger partial charge < -0.3 is 4.98 Å². The standard InChI is InChI=1S/C30H31FN6O/c31-24-10-7-21(8-11-24)9-12-25-28(18-22-13-16-36(17-14-22)20-23-4-3-15-32-19-23)35-37(29(25)38)30-33-26-5-1-2-6-27(26)34-30/h1-8,10-11,15,19,22,35H,9,12-14,16-18,20H2,(H,33,34). The highest BCUT2D eigenvalue weighted by molar-refractivity contribution is 5.75. The molecule has 3 aromatic heterocycles. The number of H-pyrrole nitrogens is 2. The number of halogens is 1. The minimum atomic E-state index is -0.252. The molecule has 0 bridgehead atoms. The number of benzene rings is 2. The maximum Gasteiger partial charge on any atom is 0.277 e. The molecule has 0 saturated carbocycles. The Kier molecular flexibility index (Phi) is 6.88. The van der Waals surface area contributed by atoms with E-state index in [4.69, 9.17) is 0 Å². The predicted molar refractivity (Wildman–Crippen MR) is 146 cm³/mol. The molecule has 0 aliphatic carbocycles. The third kappa shape index (κ3) is 5.31. The van der Waals surface area contributed by atoms with Gasteiger partial charge in [0.05, 0.1) is 11.0 Å². The van der Waals surface area contributed by atoms with Crippen LogP contribution in [-0.2, 0) is 25.8 Å². The van der Waals surface area contributed by atoms with Crippen molar-refractivity contribution >= 4 is 11.0 Å². The van der Waals surface area contributed by atoms with Crippen molar-refractivity contribution in [2.75, 3.05) is 13.1 Å². The molecule has 1 aliphatic heterocycles. The first-order chi connectivity index (χ1) is 18.6. The molecule has 2 N–H and O–H groups in total. The van der Waals surface area contributed by atoms with E-state index in [2.05, 4.69) is 31.0 Å². The summed E-state index contributed by atoms with van der Waals surface area (Å²) in [6, 6.07) is 18.4.